The molecule has 2 aromatic heterocycles. The summed E-state index contributed by atoms with van der Waals surface area (Å²) >= 11 is 0. The molecule has 1 aromatic carbocycles. The quantitative estimate of drug-likeness (QED) is 0.724. The fourth-order valence-corrected chi connectivity index (χ4v) is 2.75. The molecule has 0 unspecified atom stereocenters. The molecule has 0 saturated heterocycles. The zero-order valence-electron chi connectivity index (χ0n) is 13.1. The summed E-state index contributed by atoms with van der Waals surface area (Å²) in [4.78, 5) is 15.5. The van der Waals surface area contributed by atoms with Crippen molar-refractivity contribution < 1.29 is 9.26 Å². The summed E-state index contributed by atoms with van der Waals surface area (Å²) in [6.07, 6.45) is 1.86. The first-order valence-electron chi connectivity index (χ1n) is 7.26. The van der Waals surface area contributed by atoms with Gasteiger partial charge < -0.3 is 14.2 Å². The van der Waals surface area contributed by atoms with Gasteiger partial charge in [0.1, 0.15) is 22.8 Å². The lowest BCUT2D eigenvalue weighted by Gasteiger charge is -2.27. The SMILES string of the molecule is COc1ccc2c(c1)N=CCN2c1nc(C)nc2onc(C)c12. The van der Waals surface area contributed by atoms with Gasteiger partial charge in [-0.15, -0.1) is 0 Å². The van der Waals surface area contributed by atoms with Crippen LogP contribution in [0.4, 0.5) is 17.2 Å². The molecule has 7 heteroatoms. The number of hydrogen-bond donors (Lipinski definition) is 0. The van der Waals surface area contributed by atoms with Crippen molar-refractivity contribution in [2.24, 2.45) is 4.99 Å². The Balaban J connectivity index is 1.93. The molecule has 1 aliphatic rings. The Morgan fingerprint density at radius 2 is 2.09 bits per heavy atom. The molecule has 23 heavy (non-hydrogen) atoms. The average Bonchev–Trinajstić information content (AvgIpc) is 2.94. The molecular formula is C16H15N5O2. The van der Waals surface area contributed by atoms with E-state index in [4.69, 9.17) is 9.26 Å². The highest BCUT2D eigenvalue weighted by Gasteiger charge is 2.23. The number of fused-ring (bicyclic) bond motifs is 2. The number of benzene rings is 1. The van der Waals surface area contributed by atoms with Gasteiger partial charge in [0.05, 0.1) is 30.7 Å². The van der Waals surface area contributed by atoms with E-state index in [2.05, 4.69) is 25.0 Å². The van der Waals surface area contributed by atoms with E-state index in [1.54, 1.807) is 7.11 Å². The Hall–Kier alpha value is -2.96. The molecule has 0 N–H and O–H groups in total. The van der Waals surface area contributed by atoms with E-state index in [1.807, 2.05) is 38.3 Å². The number of rotatable bonds is 2. The monoisotopic (exact) mass is 309 g/mol. The molecule has 3 heterocycles. The van der Waals surface area contributed by atoms with Gasteiger partial charge in [-0.2, -0.15) is 4.98 Å². The molecule has 116 valence electrons. The van der Waals surface area contributed by atoms with Crippen molar-refractivity contribution in [3.05, 3.63) is 29.7 Å². The Kier molecular flexibility index (Phi) is 3.00. The lowest BCUT2D eigenvalue weighted by Crippen LogP contribution is -2.23. The van der Waals surface area contributed by atoms with Gasteiger partial charge in [-0.3, -0.25) is 4.99 Å². The summed E-state index contributed by atoms with van der Waals surface area (Å²) < 4.78 is 10.6. The van der Waals surface area contributed by atoms with Gasteiger partial charge >= 0.3 is 0 Å². The summed E-state index contributed by atoms with van der Waals surface area (Å²) in [6.45, 7) is 4.35. The van der Waals surface area contributed by atoms with Crippen LogP contribution in [0.15, 0.2) is 27.7 Å². The van der Waals surface area contributed by atoms with E-state index in [9.17, 15) is 0 Å². The number of ether oxygens (including phenoxy) is 1. The maximum absolute atomic E-state index is 5.30. The summed E-state index contributed by atoms with van der Waals surface area (Å²) in [6, 6.07) is 5.80. The van der Waals surface area contributed by atoms with Crippen molar-refractivity contribution >= 4 is 34.5 Å². The third-order valence-corrected chi connectivity index (χ3v) is 3.82. The molecule has 0 bridgehead atoms. The topological polar surface area (TPSA) is 76.6 Å². The molecular weight excluding hydrogens is 294 g/mol. The molecule has 7 nitrogen and oxygen atoms in total. The molecule has 0 fully saturated rings. The highest BCUT2D eigenvalue weighted by molar-refractivity contribution is 5.95. The minimum absolute atomic E-state index is 0.502. The molecule has 0 aliphatic carbocycles. The second-order valence-corrected chi connectivity index (χ2v) is 5.32. The first-order valence-corrected chi connectivity index (χ1v) is 7.26. The molecule has 0 atom stereocenters. The second kappa shape index (κ2) is 5.05. The number of hydrogen-bond acceptors (Lipinski definition) is 7. The van der Waals surface area contributed by atoms with Crippen LogP contribution in [0.3, 0.4) is 0 Å². The van der Waals surface area contributed by atoms with Crippen molar-refractivity contribution in [3.8, 4) is 5.75 Å². The van der Waals surface area contributed by atoms with Crippen molar-refractivity contribution in [3.63, 3.8) is 0 Å². The number of aromatic nitrogens is 3. The largest absolute Gasteiger partial charge is 0.497 e. The summed E-state index contributed by atoms with van der Waals surface area (Å²) in [5.41, 5.74) is 3.08. The van der Waals surface area contributed by atoms with E-state index < -0.39 is 0 Å². The highest BCUT2D eigenvalue weighted by atomic mass is 16.5. The Morgan fingerprint density at radius 3 is 2.91 bits per heavy atom. The van der Waals surface area contributed by atoms with Crippen LogP contribution in [0.1, 0.15) is 11.5 Å². The van der Waals surface area contributed by atoms with Gasteiger partial charge in [0.2, 0.25) is 0 Å². The van der Waals surface area contributed by atoms with Crippen LogP contribution < -0.4 is 9.64 Å². The second-order valence-electron chi connectivity index (χ2n) is 5.32. The average molecular weight is 309 g/mol. The standard InChI is InChI=1S/C16H15N5O2/c1-9-14-15(18-10(2)19-16(14)23-20-9)21-7-6-17-12-8-11(22-3)4-5-13(12)21/h4-6,8H,7H2,1-3H3. The molecule has 3 aromatic rings. The van der Waals surface area contributed by atoms with E-state index in [1.165, 1.54) is 0 Å². The van der Waals surface area contributed by atoms with Gasteiger partial charge in [-0.25, -0.2) is 4.98 Å². The number of nitrogens with zero attached hydrogens (tertiary/aromatic N) is 5. The molecule has 0 saturated carbocycles. The zero-order chi connectivity index (χ0) is 16.0. The molecule has 1 aliphatic heterocycles. The van der Waals surface area contributed by atoms with E-state index in [0.717, 1.165) is 34.0 Å². The normalized spacial score (nSPS) is 13.4. The first kappa shape index (κ1) is 13.7. The summed E-state index contributed by atoms with van der Waals surface area (Å²) in [7, 11) is 1.64. The van der Waals surface area contributed by atoms with Crippen LogP contribution in [0, 0.1) is 13.8 Å². The van der Waals surface area contributed by atoms with Crippen LogP contribution in [0.5, 0.6) is 5.75 Å². The van der Waals surface area contributed by atoms with Crippen LogP contribution in [-0.4, -0.2) is 35.0 Å². The molecule has 0 radical (unpaired) electrons. The van der Waals surface area contributed by atoms with Gasteiger partial charge in [-0.05, 0) is 26.0 Å². The van der Waals surface area contributed by atoms with Crippen LogP contribution >= 0.6 is 0 Å². The number of methoxy groups -OCH3 is 1. The van der Waals surface area contributed by atoms with Gasteiger partial charge in [0.25, 0.3) is 5.71 Å². The summed E-state index contributed by atoms with van der Waals surface area (Å²) in [5, 5.41) is 4.84. The maximum atomic E-state index is 5.30. The first-order chi connectivity index (χ1) is 11.2. The molecule has 4 rings (SSSR count). The van der Waals surface area contributed by atoms with Crippen molar-refractivity contribution in [2.75, 3.05) is 18.6 Å². The fraction of sp³-hybridized carbons (Fsp3) is 0.250. The third kappa shape index (κ3) is 2.12. The van der Waals surface area contributed by atoms with Gasteiger partial charge in [-0.1, -0.05) is 5.16 Å². The third-order valence-electron chi connectivity index (χ3n) is 3.82. The predicted octanol–water partition coefficient (Wildman–Crippen LogP) is 3.10. The number of anilines is 2. The lowest BCUT2D eigenvalue weighted by atomic mass is 10.2. The highest BCUT2D eigenvalue weighted by Crippen LogP contribution is 2.40. The summed E-state index contributed by atoms with van der Waals surface area (Å²) in [5.74, 6) is 2.19. The van der Waals surface area contributed by atoms with Crippen LogP contribution in [-0.2, 0) is 0 Å². The maximum Gasteiger partial charge on any atom is 0.263 e. The van der Waals surface area contributed by atoms with Crippen LogP contribution in [0.2, 0.25) is 0 Å². The number of aliphatic imine (C=N–C) groups is 1. The Labute approximate surface area is 132 Å². The van der Waals surface area contributed by atoms with E-state index >= 15 is 0 Å². The lowest BCUT2D eigenvalue weighted by molar-refractivity contribution is 0.415. The predicted molar refractivity (Wildman–Crippen MR) is 87.2 cm³/mol. The Morgan fingerprint density at radius 1 is 1.22 bits per heavy atom. The van der Waals surface area contributed by atoms with Crippen molar-refractivity contribution in [2.45, 2.75) is 13.8 Å². The van der Waals surface area contributed by atoms with Gasteiger partial charge in [0.15, 0.2) is 0 Å². The van der Waals surface area contributed by atoms with Crippen molar-refractivity contribution in [1.82, 2.24) is 15.1 Å². The Bertz CT molecular complexity index is 932. The smallest absolute Gasteiger partial charge is 0.263 e. The number of aryl methyl sites for hydroxylation is 2. The molecule has 0 spiro atoms. The minimum atomic E-state index is 0.502. The minimum Gasteiger partial charge on any atom is -0.497 e. The van der Waals surface area contributed by atoms with Crippen LogP contribution in [0.25, 0.3) is 11.1 Å². The van der Waals surface area contributed by atoms with Crippen molar-refractivity contribution in [1.29, 1.82) is 0 Å². The van der Waals surface area contributed by atoms with E-state index in [0.29, 0.717) is 18.1 Å². The zero-order valence-corrected chi connectivity index (χ0v) is 13.1. The van der Waals surface area contributed by atoms with Gasteiger partial charge in [0, 0.05) is 12.3 Å². The fourth-order valence-electron chi connectivity index (χ4n) is 2.75. The van der Waals surface area contributed by atoms with E-state index in [-0.39, 0.29) is 0 Å². The molecule has 0 amide bonds.